The number of hydrogen-bond acceptors (Lipinski definition) is 6. The highest BCUT2D eigenvalue weighted by Crippen LogP contribution is 2.48. The molecule has 8 heteroatoms. The fourth-order valence-electron chi connectivity index (χ4n) is 5.74. The smallest absolute Gasteiger partial charge is 0.269 e. The number of anilines is 2. The van der Waals surface area contributed by atoms with Gasteiger partial charge in [0.05, 0.1) is 29.4 Å². The van der Waals surface area contributed by atoms with Gasteiger partial charge in [-0.2, -0.15) is 0 Å². The lowest BCUT2D eigenvalue weighted by Gasteiger charge is -2.35. The van der Waals surface area contributed by atoms with E-state index in [-0.39, 0.29) is 29.7 Å². The van der Waals surface area contributed by atoms with Gasteiger partial charge in [-0.3, -0.25) is 24.6 Å². The number of methoxy groups -OCH3 is 1. The van der Waals surface area contributed by atoms with E-state index >= 15 is 0 Å². The Bertz CT molecular complexity index is 1460. The molecule has 1 aliphatic carbocycles. The zero-order valence-electron chi connectivity index (χ0n) is 22.8. The van der Waals surface area contributed by atoms with Crippen LogP contribution in [0.5, 0.6) is 5.75 Å². The van der Waals surface area contributed by atoms with Crippen molar-refractivity contribution in [2.24, 2.45) is 0 Å². The fraction of sp³-hybridized carbons (Fsp3) is 0.312. The molecule has 0 aromatic heterocycles. The van der Waals surface area contributed by atoms with E-state index in [0.717, 1.165) is 47.5 Å². The Balaban J connectivity index is 1.65. The standard InChI is InChI=1S/C32H33N3O5/c1-3-4-5-13-30(37)34-28-12-7-6-11-26(28)33-27-19-23(22-9-8-10-24(18-22)35(38)39)20-29(36)31(27)32(34)21-14-16-25(40-2)17-15-21/h6-12,14-18,23,32-33H,3-5,13,19-20H2,1-2H3/t23-,32-/m1/s1. The van der Waals surface area contributed by atoms with Gasteiger partial charge in [0, 0.05) is 36.2 Å². The number of carbonyl (C=O) groups is 2. The molecule has 2 aliphatic rings. The molecule has 1 aliphatic heterocycles. The van der Waals surface area contributed by atoms with E-state index < -0.39 is 11.0 Å². The maximum Gasteiger partial charge on any atom is 0.269 e. The monoisotopic (exact) mass is 539 g/mol. The Morgan fingerprint density at radius 3 is 2.52 bits per heavy atom. The number of fused-ring (bicyclic) bond motifs is 1. The maximum atomic E-state index is 14.1. The third-order valence-corrected chi connectivity index (χ3v) is 7.74. The van der Waals surface area contributed by atoms with Crippen LogP contribution < -0.4 is 15.0 Å². The van der Waals surface area contributed by atoms with Crippen LogP contribution in [0.15, 0.2) is 84.1 Å². The molecule has 3 aromatic carbocycles. The lowest BCUT2D eigenvalue weighted by atomic mass is 9.78. The van der Waals surface area contributed by atoms with Gasteiger partial charge in [0.25, 0.3) is 5.69 Å². The molecule has 3 aromatic rings. The van der Waals surface area contributed by atoms with Crippen molar-refractivity contribution in [2.75, 3.05) is 17.3 Å². The second-order valence-corrected chi connectivity index (χ2v) is 10.3. The molecule has 0 radical (unpaired) electrons. The number of non-ortho nitro benzene ring substituents is 1. The van der Waals surface area contributed by atoms with Gasteiger partial charge in [-0.05, 0) is 54.2 Å². The van der Waals surface area contributed by atoms with Crippen LogP contribution in [0.3, 0.4) is 0 Å². The molecule has 1 amide bonds. The van der Waals surface area contributed by atoms with E-state index in [1.54, 1.807) is 24.1 Å². The maximum absolute atomic E-state index is 14.1. The largest absolute Gasteiger partial charge is 0.497 e. The van der Waals surface area contributed by atoms with Crippen LogP contribution in [0.1, 0.15) is 68.5 Å². The van der Waals surface area contributed by atoms with Crippen molar-refractivity contribution in [1.82, 2.24) is 0 Å². The normalized spacial score (nSPS) is 18.4. The van der Waals surface area contributed by atoms with Crippen LogP contribution in [0.4, 0.5) is 17.1 Å². The summed E-state index contributed by atoms with van der Waals surface area (Å²) in [4.78, 5) is 40.8. The van der Waals surface area contributed by atoms with Gasteiger partial charge in [0.2, 0.25) is 5.91 Å². The van der Waals surface area contributed by atoms with Gasteiger partial charge in [-0.15, -0.1) is 0 Å². The summed E-state index contributed by atoms with van der Waals surface area (Å²) in [6.45, 7) is 2.10. The van der Waals surface area contributed by atoms with Gasteiger partial charge in [0.1, 0.15) is 5.75 Å². The summed E-state index contributed by atoms with van der Waals surface area (Å²) < 4.78 is 5.37. The lowest BCUT2D eigenvalue weighted by Crippen LogP contribution is -2.38. The predicted octanol–water partition coefficient (Wildman–Crippen LogP) is 7.08. The second-order valence-electron chi connectivity index (χ2n) is 10.3. The highest BCUT2D eigenvalue weighted by molar-refractivity contribution is 6.06. The molecule has 2 atom stereocenters. The van der Waals surface area contributed by atoms with Crippen LogP contribution in [-0.2, 0) is 9.59 Å². The Labute approximate surface area is 233 Å². The van der Waals surface area contributed by atoms with Gasteiger partial charge in [0.15, 0.2) is 5.78 Å². The SMILES string of the molecule is CCCCCC(=O)N1c2ccccc2NC2=C(C(=O)C[C@H](c3cccc([N+](=O)[O-])c3)C2)[C@H]1c1ccc(OC)cc1. The minimum absolute atomic E-state index is 0.00357. The summed E-state index contributed by atoms with van der Waals surface area (Å²) in [6, 6.07) is 21.0. The molecule has 8 nitrogen and oxygen atoms in total. The molecular weight excluding hydrogens is 506 g/mol. The molecule has 0 saturated carbocycles. The molecule has 5 rings (SSSR count). The first kappa shape index (κ1) is 27.1. The van der Waals surface area contributed by atoms with Crippen molar-refractivity contribution in [1.29, 1.82) is 0 Å². The number of ketones is 1. The summed E-state index contributed by atoms with van der Waals surface area (Å²) >= 11 is 0. The molecule has 0 bridgehead atoms. The third kappa shape index (κ3) is 5.34. The van der Waals surface area contributed by atoms with E-state index in [0.29, 0.717) is 24.2 Å². The van der Waals surface area contributed by atoms with Crippen molar-refractivity contribution in [3.05, 3.63) is 105 Å². The van der Waals surface area contributed by atoms with E-state index in [2.05, 4.69) is 12.2 Å². The zero-order chi connectivity index (χ0) is 28.2. The number of allylic oxidation sites excluding steroid dienone is 1. The summed E-state index contributed by atoms with van der Waals surface area (Å²) in [6.07, 6.45) is 3.78. The third-order valence-electron chi connectivity index (χ3n) is 7.74. The van der Waals surface area contributed by atoms with Gasteiger partial charge < -0.3 is 10.1 Å². The Morgan fingerprint density at radius 2 is 1.80 bits per heavy atom. The number of ether oxygens (including phenoxy) is 1. The zero-order valence-corrected chi connectivity index (χ0v) is 22.8. The van der Waals surface area contributed by atoms with Crippen molar-refractivity contribution >= 4 is 28.8 Å². The summed E-state index contributed by atoms with van der Waals surface area (Å²) in [5.74, 6) is 0.344. The molecular formula is C32H33N3O5. The number of nitro benzene ring substituents is 1. The van der Waals surface area contributed by atoms with Crippen molar-refractivity contribution in [2.45, 2.75) is 57.4 Å². The number of hydrogen-bond donors (Lipinski definition) is 1. The Kier molecular flexibility index (Phi) is 7.96. The molecule has 1 N–H and O–H groups in total. The highest BCUT2D eigenvalue weighted by atomic mass is 16.6. The number of nitro groups is 1. The first-order chi connectivity index (χ1) is 19.4. The minimum Gasteiger partial charge on any atom is -0.497 e. The number of nitrogens with one attached hydrogen (secondary N) is 1. The van der Waals surface area contributed by atoms with E-state index in [1.165, 1.54) is 6.07 Å². The number of amides is 1. The number of para-hydroxylation sites is 2. The fourth-order valence-corrected chi connectivity index (χ4v) is 5.74. The van der Waals surface area contributed by atoms with E-state index in [9.17, 15) is 19.7 Å². The van der Waals surface area contributed by atoms with Crippen LogP contribution in [0.2, 0.25) is 0 Å². The van der Waals surface area contributed by atoms with Crippen molar-refractivity contribution in [3.63, 3.8) is 0 Å². The number of rotatable bonds is 8. The molecule has 206 valence electrons. The van der Waals surface area contributed by atoms with Crippen molar-refractivity contribution < 1.29 is 19.2 Å². The van der Waals surface area contributed by atoms with Crippen LogP contribution in [0, 0.1) is 10.1 Å². The highest BCUT2D eigenvalue weighted by Gasteiger charge is 2.41. The number of carbonyl (C=O) groups excluding carboxylic acids is 2. The molecule has 0 spiro atoms. The quantitative estimate of drug-likeness (QED) is 0.186. The molecule has 0 fully saturated rings. The molecule has 40 heavy (non-hydrogen) atoms. The number of nitrogens with zero attached hydrogens (tertiary/aromatic N) is 2. The number of benzene rings is 3. The summed E-state index contributed by atoms with van der Waals surface area (Å²) in [5, 5.41) is 14.9. The lowest BCUT2D eigenvalue weighted by molar-refractivity contribution is -0.384. The van der Waals surface area contributed by atoms with Crippen molar-refractivity contribution in [3.8, 4) is 5.75 Å². The average molecular weight is 540 g/mol. The Morgan fingerprint density at radius 1 is 1.02 bits per heavy atom. The minimum atomic E-state index is -0.621. The predicted molar refractivity (Wildman–Crippen MR) is 155 cm³/mol. The summed E-state index contributed by atoms with van der Waals surface area (Å²) in [5.41, 5.74) is 4.35. The number of Topliss-reactive ketones (excluding diaryl/α,β-unsaturated/α-hetero) is 1. The van der Waals surface area contributed by atoms with Crippen LogP contribution in [-0.4, -0.2) is 23.7 Å². The summed E-state index contributed by atoms with van der Waals surface area (Å²) in [7, 11) is 1.60. The van der Waals surface area contributed by atoms with E-state index in [1.807, 2.05) is 54.6 Å². The van der Waals surface area contributed by atoms with Gasteiger partial charge in [-0.1, -0.05) is 56.2 Å². The second kappa shape index (κ2) is 11.7. The van der Waals surface area contributed by atoms with Crippen LogP contribution >= 0.6 is 0 Å². The topological polar surface area (TPSA) is 102 Å². The molecule has 0 saturated heterocycles. The van der Waals surface area contributed by atoms with E-state index in [4.69, 9.17) is 4.74 Å². The van der Waals surface area contributed by atoms with Crippen LogP contribution in [0.25, 0.3) is 0 Å². The van der Waals surface area contributed by atoms with Gasteiger partial charge in [-0.25, -0.2) is 0 Å². The molecule has 0 unspecified atom stereocenters. The number of unbranched alkanes of at least 4 members (excludes halogenated alkanes) is 2. The first-order valence-corrected chi connectivity index (χ1v) is 13.7. The Hall–Kier alpha value is -4.46. The first-order valence-electron chi connectivity index (χ1n) is 13.7. The van der Waals surface area contributed by atoms with Gasteiger partial charge >= 0.3 is 0 Å². The average Bonchev–Trinajstić information content (AvgIpc) is 3.12. The molecule has 1 heterocycles.